The van der Waals surface area contributed by atoms with Gasteiger partial charge >= 0.3 is 0 Å². The van der Waals surface area contributed by atoms with Crippen LogP contribution in [0, 0.1) is 13.8 Å². The van der Waals surface area contributed by atoms with Gasteiger partial charge in [-0.3, -0.25) is 0 Å². The quantitative estimate of drug-likeness (QED) is 0.866. The normalized spacial score (nSPS) is 16.1. The van der Waals surface area contributed by atoms with Crippen molar-refractivity contribution in [2.24, 2.45) is 0 Å². The predicted octanol–water partition coefficient (Wildman–Crippen LogP) is 4.46. The fourth-order valence-corrected chi connectivity index (χ4v) is 2.78. The lowest BCUT2D eigenvalue weighted by atomic mass is 9.95. The predicted molar refractivity (Wildman–Crippen MR) is 83.0 cm³/mol. The van der Waals surface area contributed by atoms with E-state index in [1.807, 2.05) is 6.07 Å². The van der Waals surface area contributed by atoms with Crippen molar-refractivity contribution in [1.29, 1.82) is 0 Å². The van der Waals surface area contributed by atoms with Gasteiger partial charge < -0.3 is 5.11 Å². The van der Waals surface area contributed by atoms with Gasteiger partial charge in [0.05, 0.1) is 6.10 Å². The molecule has 2 aromatic carbocycles. The van der Waals surface area contributed by atoms with E-state index in [2.05, 4.69) is 50.2 Å². The molecule has 0 aliphatic heterocycles. The van der Waals surface area contributed by atoms with Gasteiger partial charge in [-0.25, -0.2) is 0 Å². The van der Waals surface area contributed by atoms with Gasteiger partial charge in [0.15, 0.2) is 0 Å². The minimum absolute atomic E-state index is 0.408. The topological polar surface area (TPSA) is 20.2 Å². The molecule has 20 heavy (non-hydrogen) atoms. The van der Waals surface area contributed by atoms with Crippen molar-refractivity contribution in [1.82, 2.24) is 0 Å². The summed E-state index contributed by atoms with van der Waals surface area (Å²) in [6, 6.07) is 14.9. The Morgan fingerprint density at radius 2 is 1.90 bits per heavy atom. The molecular formula is C19H22O. The zero-order chi connectivity index (χ0) is 14.1. The first-order valence-corrected chi connectivity index (χ1v) is 7.47. The molecule has 104 valence electrons. The molecule has 1 saturated carbocycles. The molecule has 3 rings (SSSR count). The van der Waals surface area contributed by atoms with Crippen LogP contribution in [0.15, 0.2) is 42.5 Å². The van der Waals surface area contributed by atoms with Gasteiger partial charge in [-0.2, -0.15) is 0 Å². The third-order valence-corrected chi connectivity index (χ3v) is 4.26. The van der Waals surface area contributed by atoms with E-state index in [1.54, 1.807) is 0 Å². The Labute approximate surface area is 121 Å². The van der Waals surface area contributed by atoms with Gasteiger partial charge in [-0.1, -0.05) is 48.0 Å². The van der Waals surface area contributed by atoms with Crippen LogP contribution in [0.2, 0.25) is 0 Å². The summed E-state index contributed by atoms with van der Waals surface area (Å²) in [6.45, 7) is 4.21. The molecule has 1 unspecified atom stereocenters. The second kappa shape index (κ2) is 5.41. The maximum absolute atomic E-state index is 10.5. The Morgan fingerprint density at radius 3 is 2.65 bits per heavy atom. The summed E-state index contributed by atoms with van der Waals surface area (Å²) in [5, 5.41) is 10.5. The van der Waals surface area contributed by atoms with Crippen molar-refractivity contribution in [3.05, 3.63) is 70.3 Å². The Balaban J connectivity index is 1.80. The van der Waals surface area contributed by atoms with Crippen molar-refractivity contribution in [2.45, 2.75) is 45.1 Å². The smallest absolute Gasteiger partial charge is 0.0830 e. The molecule has 1 aliphatic rings. The first-order chi connectivity index (χ1) is 9.63. The number of hydrogen-bond donors (Lipinski definition) is 1. The van der Waals surface area contributed by atoms with Crippen molar-refractivity contribution in [2.75, 3.05) is 0 Å². The van der Waals surface area contributed by atoms with Crippen LogP contribution in [0.4, 0.5) is 0 Å². The Bertz CT molecular complexity index is 611. The average Bonchev–Trinajstić information content (AvgIpc) is 3.27. The van der Waals surface area contributed by atoms with Crippen LogP contribution >= 0.6 is 0 Å². The number of aliphatic hydroxyl groups excluding tert-OH is 1. The highest BCUT2D eigenvalue weighted by atomic mass is 16.3. The van der Waals surface area contributed by atoms with Crippen LogP contribution in [-0.2, 0) is 6.42 Å². The van der Waals surface area contributed by atoms with Crippen molar-refractivity contribution < 1.29 is 5.11 Å². The maximum Gasteiger partial charge on any atom is 0.0830 e. The first-order valence-electron chi connectivity index (χ1n) is 7.47. The molecule has 0 spiro atoms. The fraction of sp³-hybridized carbons (Fsp3) is 0.368. The number of aryl methyl sites for hydroxylation is 2. The molecule has 0 saturated heterocycles. The van der Waals surface area contributed by atoms with E-state index >= 15 is 0 Å². The van der Waals surface area contributed by atoms with Crippen LogP contribution in [0.3, 0.4) is 0 Å². The largest absolute Gasteiger partial charge is 0.388 e. The molecule has 0 heterocycles. The highest BCUT2D eigenvalue weighted by Gasteiger charge is 2.24. The zero-order valence-electron chi connectivity index (χ0n) is 12.3. The molecule has 1 fully saturated rings. The average molecular weight is 266 g/mol. The third-order valence-electron chi connectivity index (χ3n) is 4.26. The molecule has 2 aromatic rings. The fourth-order valence-electron chi connectivity index (χ4n) is 2.78. The maximum atomic E-state index is 10.5. The summed E-state index contributed by atoms with van der Waals surface area (Å²) in [6.07, 6.45) is 2.89. The Hall–Kier alpha value is -1.60. The highest BCUT2D eigenvalue weighted by Crippen LogP contribution is 2.40. The van der Waals surface area contributed by atoms with Gasteiger partial charge in [-0.15, -0.1) is 0 Å². The standard InChI is InChI=1S/C19H22O/c1-13-6-7-14(2)18(10-13)12-19(20)17-5-3-4-16(11-17)15-8-9-15/h3-7,10-11,15,19-20H,8-9,12H2,1-2H3. The SMILES string of the molecule is Cc1ccc(C)c(CC(O)c2cccc(C3CC3)c2)c1. The molecule has 1 N–H and O–H groups in total. The van der Waals surface area contributed by atoms with E-state index in [1.165, 1.54) is 35.1 Å². The van der Waals surface area contributed by atoms with Crippen molar-refractivity contribution in [3.63, 3.8) is 0 Å². The third kappa shape index (κ3) is 2.94. The summed E-state index contributed by atoms with van der Waals surface area (Å²) in [7, 11) is 0. The zero-order valence-corrected chi connectivity index (χ0v) is 12.3. The number of benzene rings is 2. The van der Waals surface area contributed by atoms with E-state index in [4.69, 9.17) is 0 Å². The van der Waals surface area contributed by atoms with Crippen molar-refractivity contribution in [3.8, 4) is 0 Å². The molecule has 1 heteroatoms. The molecule has 1 atom stereocenters. The second-order valence-corrected chi connectivity index (χ2v) is 6.09. The van der Waals surface area contributed by atoms with Gasteiger partial charge in [-0.05, 0) is 54.9 Å². The van der Waals surface area contributed by atoms with E-state index in [0.29, 0.717) is 6.42 Å². The summed E-state index contributed by atoms with van der Waals surface area (Å²) >= 11 is 0. The Morgan fingerprint density at radius 1 is 1.10 bits per heavy atom. The summed E-state index contributed by atoms with van der Waals surface area (Å²) < 4.78 is 0. The van der Waals surface area contributed by atoms with Crippen molar-refractivity contribution >= 4 is 0 Å². The molecule has 1 aliphatic carbocycles. The monoisotopic (exact) mass is 266 g/mol. The molecular weight excluding hydrogens is 244 g/mol. The van der Waals surface area contributed by atoms with Crippen LogP contribution in [0.25, 0.3) is 0 Å². The second-order valence-electron chi connectivity index (χ2n) is 6.09. The van der Waals surface area contributed by atoms with Crippen LogP contribution < -0.4 is 0 Å². The lowest BCUT2D eigenvalue weighted by Crippen LogP contribution is -2.04. The van der Waals surface area contributed by atoms with E-state index < -0.39 is 6.10 Å². The summed E-state index contributed by atoms with van der Waals surface area (Å²) in [5.74, 6) is 0.739. The van der Waals surface area contributed by atoms with Crippen LogP contribution in [0.5, 0.6) is 0 Å². The minimum Gasteiger partial charge on any atom is -0.388 e. The molecule has 0 radical (unpaired) electrons. The van der Waals surface area contributed by atoms with Crippen LogP contribution in [-0.4, -0.2) is 5.11 Å². The molecule has 0 amide bonds. The molecule has 0 aromatic heterocycles. The lowest BCUT2D eigenvalue weighted by molar-refractivity contribution is 0.178. The molecule has 0 bridgehead atoms. The summed E-state index contributed by atoms with van der Waals surface area (Å²) in [4.78, 5) is 0. The minimum atomic E-state index is -0.408. The highest BCUT2D eigenvalue weighted by molar-refractivity contribution is 5.34. The van der Waals surface area contributed by atoms with Gasteiger partial charge in [0.25, 0.3) is 0 Å². The van der Waals surface area contributed by atoms with Crippen LogP contribution in [0.1, 0.15) is 52.7 Å². The van der Waals surface area contributed by atoms with Gasteiger partial charge in [0.2, 0.25) is 0 Å². The lowest BCUT2D eigenvalue weighted by Gasteiger charge is -2.14. The number of rotatable bonds is 4. The molecule has 1 nitrogen and oxygen atoms in total. The van der Waals surface area contributed by atoms with E-state index in [0.717, 1.165) is 11.5 Å². The number of hydrogen-bond acceptors (Lipinski definition) is 1. The summed E-state index contributed by atoms with van der Waals surface area (Å²) in [5.41, 5.74) is 6.20. The number of aliphatic hydroxyl groups is 1. The van der Waals surface area contributed by atoms with Gasteiger partial charge in [0.1, 0.15) is 0 Å². The first kappa shape index (κ1) is 13.4. The van der Waals surface area contributed by atoms with E-state index in [-0.39, 0.29) is 0 Å². The van der Waals surface area contributed by atoms with Gasteiger partial charge in [0, 0.05) is 6.42 Å². The Kier molecular flexibility index (Phi) is 3.62. The van der Waals surface area contributed by atoms with E-state index in [9.17, 15) is 5.11 Å².